The van der Waals surface area contributed by atoms with Gasteiger partial charge >= 0.3 is 29.7 Å². The second kappa shape index (κ2) is 25.3. The van der Waals surface area contributed by atoms with E-state index in [1.165, 1.54) is 28.4 Å². The highest BCUT2D eigenvalue weighted by molar-refractivity contribution is 8.02. The summed E-state index contributed by atoms with van der Waals surface area (Å²) < 4.78 is 59.6. The minimum Gasteiger partial charge on any atom is -0.497 e. The van der Waals surface area contributed by atoms with E-state index in [0.29, 0.717) is 30.2 Å². The Bertz CT molecular complexity index is 2130. The fraction of sp³-hybridized carbons (Fsp3) is 0.308. The van der Waals surface area contributed by atoms with Crippen LogP contribution in [0.3, 0.4) is 0 Å². The molecule has 4 aromatic rings. The first-order chi connectivity index (χ1) is 29.3. The maximum atomic E-state index is 12.8. The molecule has 0 aliphatic rings. The number of aliphatic imine (C=N–C) groups is 1. The van der Waals surface area contributed by atoms with E-state index in [-0.39, 0.29) is 19.3 Å². The van der Waals surface area contributed by atoms with Crippen molar-refractivity contribution in [2.24, 2.45) is 15.2 Å². The first-order valence-corrected chi connectivity index (χ1v) is 26.3. The predicted molar refractivity (Wildman–Crippen MR) is 251 cm³/mol. The van der Waals surface area contributed by atoms with E-state index in [1.807, 2.05) is 97.1 Å². The molecule has 0 spiro atoms. The summed E-state index contributed by atoms with van der Waals surface area (Å²) in [5, 5.41) is 8.87. The Hall–Kier alpha value is -3.85. The predicted octanol–water partition coefficient (Wildman–Crippen LogP) is 8.68. The van der Waals surface area contributed by atoms with Gasteiger partial charge in [-0.05, 0) is 114 Å². The maximum Gasteiger partial charge on any atom is 0.540 e. The number of hydrazone groups is 2. The topological polar surface area (TPSA) is 158 Å². The second-order valence-corrected chi connectivity index (χ2v) is 21.5. The maximum absolute atomic E-state index is 12.8. The molecule has 4 rings (SSSR count). The van der Waals surface area contributed by atoms with E-state index in [9.17, 15) is 9.46 Å². The molecule has 0 bridgehead atoms. The first-order valence-electron chi connectivity index (χ1n) is 18.4. The molecular formula is C39H51N6O10P4S2+3. The molecule has 0 heterocycles. The van der Waals surface area contributed by atoms with Crippen molar-refractivity contribution in [3.8, 4) is 23.0 Å². The fourth-order valence-corrected chi connectivity index (χ4v) is 9.24. The van der Waals surface area contributed by atoms with Crippen molar-refractivity contribution in [1.82, 2.24) is 14.5 Å². The number of benzene rings is 4. The monoisotopic (exact) mass is 951 g/mol. The van der Waals surface area contributed by atoms with Crippen LogP contribution in [-0.4, -0.2) is 113 Å². The molecule has 0 aromatic heterocycles. The summed E-state index contributed by atoms with van der Waals surface area (Å²) in [7, 11) is 1.07. The third-order valence-corrected chi connectivity index (χ3v) is 16.0. The molecule has 1 N–H and O–H groups in total. The molecule has 326 valence electrons. The molecule has 4 aromatic carbocycles. The number of rotatable bonds is 26. The van der Waals surface area contributed by atoms with Gasteiger partial charge in [-0.2, -0.15) is 13.9 Å². The van der Waals surface area contributed by atoms with Crippen molar-refractivity contribution in [2.45, 2.75) is 6.42 Å². The van der Waals surface area contributed by atoms with Gasteiger partial charge < -0.3 is 18.5 Å². The van der Waals surface area contributed by atoms with Crippen LogP contribution < -0.4 is 18.5 Å². The molecule has 61 heavy (non-hydrogen) atoms. The summed E-state index contributed by atoms with van der Waals surface area (Å²) in [5.41, 5.74) is 3.64. The molecule has 2 unspecified atom stereocenters. The van der Waals surface area contributed by atoms with Crippen LogP contribution in [0.15, 0.2) is 112 Å². The molecule has 2 atom stereocenters. The summed E-state index contributed by atoms with van der Waals surface area (Å²) in [4.78, 5) is 16.8. The lowest BCUT2D eigenvalue weighted by atomic mass is 10.1. The van der Waals surface area contributed by atoms with Gasteiger partial charge in [0.1, 0.15) is 17.8 Å². The van der Waals surface area contributed by atoms with Crippen LogP contribution >= 0.6 is 29.7 Å². The van der Waals surface area contributed by atoms with Crippen molar-refractivity contribution in [2.75, 3.05) is 75.5 Å². The lowest BCUT2D eigenvalue weighted by Crippen LogP contribution is -2.31. The summed E-state index contributed by atoms with van der Waals surface area (Å²) in [5.74, 6) is 2.68. The minimum absolute atomic E-state index is 0.0225. The largest absolute Gasteiger partial charge is 0.540 e. The molecule has 0 amide bonds. The Morgan fingerprint density at radius 1 is 0.672 bits per heavy atom. The summed E-state index contributed by atoms with van der Waals surface area (Å²) >= 11 is 11.1. The molecule has 0 radical (unpaired) electrons. The van der Waals surface area contributed by atoms with Gasteiger partial charge in [-0.1, -0.05) is 21.7 Å². The summed E-state index contributed by atoms with van der Waals surface area (Å²) in [6.07, 6.45) is 5.68. The van der Waals surface area contributed by atoms with E-state index < -0.39 is 29.7 Å². The van der Waals surface area contributed by atoms with Crippen LogP contribution in [0.2, 0.25) is 0 Å². The average Bonchev–Trinajstić information content (AvgIpc) is 3.29. The summed E-state index contributed by atoms with van der Waals surface area (Å²) in [6.45, 7) is 0.562. The second-order valence-electron chi connectivity index (χ2n) is 12.7. The molecule has 0 saturated carbocycles. The Kier molecular flexibility index (Phi) is 20.7. The zero-order valence-electron chi connectivity index (χ0n) is 34.9. The van der Waals surface area contributed by atoms with E-state index in [1.54, 1.807) is 54.3 Å². The normalized spacial score (nSPS) is 12.6. The van der Waals surface area contributed by atoms with Gasteiger partial charge in [-0.25, -0.2) is 0 Å². The van der Waals surface area contributed by atoms with Crippen LogP contribution in [-0.2, 0) is 52.7 Å². The highest BCUT2D eigenvalue weighted by atomic mass is 32.4. The van der Waals surface area contributed by atoms with E-state index in [4.69, 9.17) is 60.2 Å². The third kappa shape index (κ3) is 17.1. The van der Waals surface area contributed by atoms with Crippen molar-refractivity contribution in [1.29, 1.82) is 0 Å². The molecule has 22 heteroatoms. The van der Waals surface area contributed by atoms with Gasteiger partial charge in [0, 0.05) is 27.0 Å². The lowest BCUT2D eigenvalue weighted by molar-refractivity contribution is 0.204. The molecule has 16 nitrogen and oxygen atoms in total. The Morgan fingerprint density at radius 2 is 1.11 bits per heavy atom. The Labute approximate surface area is 370 Å². The lowest BCUT2D eigenvalue weighted by Gasteiger charge is -2.26. The zero-order chi connectivity index (χ0) is 44.3. The number of nitrogens with zero attached hydrogens (tertiary/aromatic N) is 6. The molecule has 0 fully saturated rings. The van der Waals surface area contributed by atoms with Gasteiger partial charge in [-0.15, -0.1) is 10.2 Å². The van der Waals surface area contributed by atoms with Crippen molar-refractivity contribution >= 4 is 71.9 Å². The van der Waals surface area contributed by atoms with Crippen LogP contribution in [0.4, 0.5) is 0 Å². The Balaban J connectivity index is 1.18. The van der Waals surface area contributed by atoms with Gasteiger partial charge in [-0.3, -0.25) is 23.5 Å². The quantitative estimate of drug-likeness (QED) is 0.0362. The molecular weight excluding hydrogens is 900 g/mol. The Morgan fingerprint density at radius 3 is 1.57 bits per heavy atom. The van der Waals surface area contributed by atoms with Crippen molar-refractivity contribution < 1.29 is 46.1 Å². The van der Waals surface area contributed by atoms with Gasteiger partial charge in [0.05, 0.1) is 47.9 Å². The van der Waals surface area contributed by atoms with Gasteiger partial charge in [0.25, 0.3) is 0 Å². The van der Waals surface area contributed by atoms with Crippen LogP contribution in [0.25, 0.3) is 0 Å². The standard InChI is InChI=1S/C39H51N6O10P4S2/c1-43(41-27-34-10-16-36(48-3)17-11-34)57(61)55-39-22-14-33(15-23-39)26-40-29-53-37-18-12-35(13-19-37)28-42-44(2)56(60)54-38-20-8-32(9-21-38)24-25-45(30-58(46,49-4)50-5)31-59(47,51-6)52-7/h8-23,26-28,46H,24-25,29-31H2,1-7H3/q+3/b40-26?,41-27+,42-28+. The van der Waals surface area contributed by atoms with Crippen LogP contribution in [0.1, 0.15) is 22.3 Å². The molecule has 0 aliphatic carbocycles. The minimum atomic E-state index is -3.40. The number of methoxy groups -OCH3 is 1. The number of ether oxygens (including phenoxy) is 2. The average molecular weight is 952 g/mol. The molecule has 0 saturated heterocycles. The first kappa shape index (κ1) is 49.8. The van der Waals surface area contributed by atoms with E-state index >= 15 is 0 Å². The van der Waals surface area contributed by atoms with Crippen LogP contribution in [0, 0.1) is 0 Å². The van der Waals surface area contributed by atoms with E-state index in [0.717, 1.165) is 28.0 Å². The van der Waals surface area contributed by atoms with Crippen molar-refractivity contribution in [3.05, 3.63) is 119 Å². The van der Waals surface area contributed by atoms with Gasteiger partial charge in [0.15, 0.2) is 24.5 Å². The highest BCUT2D eigenvalue weighted by Gasteiger charge is 2.42. The van der Waals surface area contributed by atoms with E-state index in [2.05, 4.69) is 15.2 Å². The van der Waals surface area contributed by atoms with Crippen molar-refractivity contribution in [3.63, 3.8) is 0 Å². The van der Waals surface area contributed by atoms with Gasteiger partial charge in [0.2, 0.25) is 23.6 Å². The zero-order valence-corrected chi connectivity index (χ0v) is 40.1. The van der Waals surface area contributed by atoms with Crippen LogP contribution in [0.5, 0.6) is 23.0 Å². The number of hydrogen-bond acceptors (Lipinski definition) is 16. The smallest absolute Gasteiger partial charge is 0.497 e. The molecule has 0 aliphatic heterocycles. The number of hydrogen-bond donors (Lipinski definition) is 1. The fourth-order valence-electron chi connectivity index (χ4n) is 4.96. The third-order valence-electron chi connectivity index (χ3n) is 8.53. The highest BCUT2D eigenvalue weighted by Crippen LogP contribution is 2.57. The SMILES string of the molecule is COc1ccc(/C=N/N(C)[P+](=S)Oc2ccc(C=NCOc3ccc(/C=N/N(C)[P+](=S)Oc4ccc(CCN(CP(=O)(OC)OC)C[P+](O)(OC)OC)cc4)cc3)cc2)cc1. The summed E-state index contributed by atoms with van der Waals surface area (Å²) in [6, 6.07) is 30.0.